The van der Waals surface area contributed by atoms with E-state index >= 15 is 0 Å². The highest BCUT2D eigenvalue weighted by molar-refractivity contribution is 4.96. The third kappa shape index (κ3) is 4.73. The van der Waals surface area contributed by atoms with Crippen molar-refractivity contribution in [3.8, 4) is 0 Å². The van der Waals surface area contributed by atoms with Crippen LogP contribution in [0.3, 0.4) is 0 Å². The monoisotopic (exact) mass is 283 g/mol. The van der Waals surface area contributed by atoms with E-state index in [1.807, 2.05) is 0 Å². The van der Waals surface area contributed by atoms with Gasteiger partial charge in [-0.05, 0) is 45.2 Å². The molecule has 1 aliphatic rings. The molecule has 0 spiro atoms. The van der Waals surface area contributed by atoms with Crippen LogP contribution in [-0.4, -0.2) is 34.7 Å². The van der Waals surface area contributed by atoms with Crippen LogP contribution in [0.2, 0.25) is 0 Å². The molecule has 2 heteroatoms. The van der Waals surface area contributed by atoms with Gasteiger partial charge in [0, 0.05) is 5.54 Å². The lowest BCUT2D eigenvalue weighted by Crippen LogP contribution is -2.55. The standard InChI is InChI=1S/C18H37NO/c1-4-7-8-9-10-11-14-17(20)18(5-2,6-3)19-15-12-13-16-19/h17,20H,4-16H2,1-3H3. The third-order valence-electron chi connectivity index (χ3n) is 5.41. The minimum Gasteiger partial charge on any atom is -0.391 e. The first-order chi connectivity index (χ1) is 9.71. The average molecular weight is 284 g/mol. The molecule has 1 heterocycles. The summed E-state index contributed by atoms with van der Waals surface area (Å²) in [6.45, 7) is 9.15. The molecule has 1 saturated heterocycles. The number of nitrogens with zero attached hydrogens (tertiary/aromatic N) is 1. The second kappa shape index (κ2) is 9.78. The van der Waals surface area contributed by atoms with Crippen LogP contribution < -0.4 is 0 Å². The van der Waals surface area contributed by atoms with E-state index in [9.17, 15) is 5.11 Å². The molecule has 20 heavy (non-hydrogen) atoms. The lowest BCUT2D eigenvalue weighted by Gasteiger charge is -2.44. The van der Waals surface area contributed by atoms with Crippen molar-refractivity contribution >= 4 is 0 Å². The summed E-state index contributed by atoms with van der Waals surface area (Å²) in [6.07, 6.45) is 13.5. The highest BCUT2D eigenvalue weighted by Crippen LogP contribution is 2.33. The number of unbranched alkanes of at least 4 members (excludes halogenated alkanes) is 5. The Kier molecular flexibility index (Phi) is 8.79. The van der Waals surface area contributed by atoms with E-state index in [0.717, 1.165) is 19.3 Å². The molecular formula is C18H37NO. The highest BCUT2D eigenvalue weighted by atomic mass is 16.3. The molecule has 0 bridgehead atoms. The summed E-state index contributed by atoms with van der Waals surface area (Å²) in [5.74, 6) is 0. The third-order valence-corrected chi connectivity index (χ3v) is 5.41. The average Bonchev–Trinajstić information content (AvgIpc) is 2.99. The Hall–Kier alpha value is -0.0800. The number of aliphatic hydroxyl groups is 1. The van der Waals surface area contributed by atoms with Crippen molar-refractivity contribution in [3.63, 3.8) is 0 Å². The van der Waals surface area contributed by atoms with E-state index in [0.29, 0.717) is 0 Å². The summed E-state index contributed by atoms with van der Waals surface area (Å²) < 4.78 is 0. The molecule has 0 aromatic carbocycles. The molecule has 0 radical (unpaired) electrons. The van der Waals surface area contributed by atoms with Gasteiger partial charge >= 0.3 is 0 Å². The van der Waals surface area contributed by atoms with Crippen LogP contribution in [0.4, 0.5) is 0 Å². The molecule has 1 unspecified atom stereocenters. The Balaban J connectivity index is 2.37. The molecule has 120 valence electrons. The van der Waals surface area contributed by atoms with Crippen molar-refractivity contribution in [1.29, 1.82) is 0 Å². The zero-order valence-corrected chi connectivity index (χ0v) is 14.2. The Bertz CT molecular complexity index is 232. The first-order valence-corrected chi connectivity index (χ1v) is 9.14. The Labute approximate surface area is 126 Å². The van der Waals surface area contributed by atoms with Crippen LogP contribution in [0.5, 0.6) is 0 Å². The summed E-state index contributed by atoms with van der Waals surface area (Å²) >= 11 is 0. The Morgan fingerprint density at radius 1 is 0.900 bits per heavy atom. The van der Waals surface area contributed by atoms with E-state index < -0.39 is 0 Å². The van der Waals surface area contributed by atoms with Crippen molar-refractivity contribution in [2.45, 2.75) is 103 Å². The molecule has 0 aliphatic carbocycles. The fraction of sp³-hybridized carbons (Fsp3) is 1.00. The summed E-state index contributed by atoms with van der Waals surface area (Å²) in [5, 5.41) is 10.8. The van der Waals surface area contributed by atoms with Gasteiger partial charge in [-0.2, -0.15) is 0 Å². The number of aliphatic hydroxyl groups excluding tert-OH is 1. The molecule has 1 atom stereocenters. The zero-order valence-electron chi connectivity index (χ0n) is 14.2. The molecule has 0 aromatic heterocycles. The molecular weight excluding hydrogens is 246 g/mol. The molecule has 0 aromatic rings. The lowest BCUT2D eigenvalue weighted by atomic mass is 9.82. The predicted octanol–water partition coefficient (Wildman–Crippen LogP) is 4.75. The predicted molar refractivity (Wildman–Crippen MR) is 88.1 cm³/mol. The second-order valence-electron chi connectivity index (χ2n) is 6.58. The van der Waals surface area contributed by atoms with Crippen molar-refractivity contribution in [2.75, 3.05) is 13.1 Å². The Morgan fingerprint density at radius 2 is 1.45 bits per heavy atom. The van der Waals surface area contributed by atoms with Gasteiger partial charge in [0.25, 0.3) is 0 Å². The smallest absolute Gasteiger partial charge is 0.0723 e. The first-order valence-electron chi connectivity index (χ1n) is 9.14. The van der Waals surface area contributed by atoms with Crippen LogP contribution in [-0.2, 0) is 0 Å². The maximum absolute atomic E-state index is 10.8. The highest BCUT2D eigenvalue weighted by Gasteiger charge is 2.40. The van der Waals surface area contributed by atoms with Gasteiger partial charge in [-0.1, -0.05) is 59.3 Å². The molecule has 1 aliphatic heterocycles. The maximum atomic E-state index is 10.8. The molecule has 1 rings (SSSR count). The SMILES string of the molecule is CCCCCCCCC(O)C(CC)(CC)N1CCCC1. The van der Waals surface area contributed by atoms with Crippen LogP contribution in [0, 0.1) is 0 Å². The topological polar surface area (TPSA) is 23.5 Å². The molecule has 1 N–H and O–H groups in total. The van der Waals surface area contributed by atoms with Gasteiger partial charge in [0.2, 0.25) is 0 Å². The molecule has 1 fully saturated rings. The van der Waals surface area contributed by atoms with Crippen LogP contribution in [0.15, 0.2) is 0 Å². The minimum atomic E-state index is -0.137. The lowest BCUT2D eigenvalue weighted by molar-refractivity contribution is -0.0326. The number of likely N-dealkylation sites (tertiary alicyclic amines) is 1. The summed E-state index contributed by atoms with van der Waals surface area (Å²) in [6, 6.07) is 0. The van der Waals surface area contributed by atoms with Crippen LogP contribution in [0.1, 0.15) is 91.4 Å². The van der Waals surface area contributed by atoms with E-state index in [4.69, 9.17) is 0 Å². The van der Waals surface area contributed by atoms with Crippen LogP contribution >= 0.6 is 0 Å². The largest absolute Gasteiger partial charge is 0.391 e. The second-order valence-corrected chi connectivity index (χ2v) is 6.58. The van der Waals surface area contributed by atoms with E-state index in [-0.39, 0.29) is 11.6 Å². The Morgan fingerprint density at radius 3 is 2.00 bits per heavy atom. The number of hydrogen-bond donors (Lipinski definition) is 1. The van der Waals surface area contributed by atoms with E-state index in [1.165, 1.54) is 64.5 Å². The van der Waals surface area contributed by atoms with Gasteiger partial charge in [-0.15, -0.1) is 0 Å². The van der Waals surface area contributed by atoms with Crippen molar-refractivity contribution < 1.29 is 5.11 Å². The van der Waals surface area contributed by atoms with Crippen LogP contribution in [0.25, 0.3) is 0 Å². The maximum Gasteiger partial charge on any atom is 0.0723 e. The van der Waals surface area contributed by atoms with Crippen molar-refractivity contribution in [3.05, 3.63) is 0 Å². The van der Waals surface area contributed by atoms with Crippen molar-refractivity contribution in [2.24, 2.45) is 0 Å². The summed E-state index contributed by atoms with van der Waals surface area (Å²) in [7, 11) is 0. The fourth-order valence-corrected chi connectivity index (χ4v) is 3.93. The van der Waals surface area contributed by atoms with Gasteiger partial charge in [0.1, 0.15) is 0 Å². The quantitative estimate of drug-likeness (QED) is 0.553. The molecule has 2 nitrogen and oxygen atoms in total. The fourth-order valence-electron chi connectivity index (χ4n) is 3.93. The van der Waals surface area contributed by atoms with Crippen molar-refractivity contribution in [1.82, 2.24) is 4.90 Å². The summed E-state index contributed by atoms with van der Waals surface area (Å²) in [5.41, 5.74) is 0.0555. The van der Waals surface area contributed by atoms with Gasteiger partial charge in [0.05, 0.1) is 6.10 Å². The summed E-state index contributed by atoms with van der Waals surface area (Å²) in [4.78, 5) is 2.58. The van der Waals surface area contributed by atoms with Gasteiger partial charge in [0.15, 0.2) is 0 Å². The van der Waals surface area contributed by atoms with Gasteiger partial charge in [-0.25, -0.2) is 0 Å². The van der Waals surface area contributed by atoms with Gasteiger partial charge < -0.3 is 5.11 Å². The first kappa shape index (κ1) is 18.0. The molecule has 0 amide bonds. The van der Waals surface area contributed by atoms with Gasteiger partial charge in [-0.3, -0.25) is 4.90 Å². The minimum absolute atomic E-state index is 0.0555. The normalized spacial score (nSPS) is 18.6. The van der Waals surface area contributed by atoms with E-state index in [1.54, 1.807) is 0 Å². The molecule has 0 saturated carbocycles. The number of hydrogen-bond acceptors (Lipinski definition) is 2. The van der Waals surface area contributed by atoms with E-state index in [2.05, 4.69) is 25.7 Å². The number of rotatable bonds is 11. The zero-order chi connectivity index (χ0) is 14.8.